The van der Waals surface area contributed by atoms with E-state index in [9.17, 15) is 27.2 Å². The molecule has 0 aliphatic carbocycles. The molecular weight excluding hydrogens is 420 g/mol. The van der Waals surface area contributed by atoms with E-state index in [2.05, 4.69) is 10.6 Å². The number of carbonyl (C=O) groups excluding carboxylic acids is 2. The van der Waals surface area contributed by atoms with Crippen LogP contribution in [0.3, 0.4) is 0 Å². The first-order valence-electron chi connectivity index (χ1n) is 8.98. The van der Waals surface area contributed by atoms with Gasteiger partial charge in [-0.2, -0.15) is 13.2 Å². The summed E-state index contributed by atoms with van der Waals surface area (Å²) in [6.45, 7) is -1.09. The van der Waals surface area contributed by atoms with Crippen LogP contribution in [0.15, 0.2) is 65.3 Å². The molecule has 0 radical (unpaired) electrons. The van der Waals surface area contributed by atoms with Crippen molar-refractivity contribution in [2.45, 2.75) is 11.8 Å². The predicted octanol–water partition coefficient (Wildman–Crippen LogP) is 4.84. The lowest BCUT2D eigenvalue weighted by Crippen LogP contribution is -2.56. The molecule has 0 fully saturated rings. The molecule has 2 amide bonds. The third-order valence-corrected chi connectivity index (χ3v) is 4.83. The molecule has 6 nitrogen and oxygen atoms in total. The number of halogens is 4. The van der Waals surface area contributed by atoms with Gasteiger partial charge >= 0.3 is 12.3 Å². The summed E-state index contributed by atoms with van der Waals surface area (Å²) in [7, 11) is 0. The smallest absolute Gasteiger partial charge is 0.434 e. The maximum absolute atomic E-state index is 14.3. The molecule has 1 atom stereocenters. The van der Waals surface area contributed by atoms with Crippen LogP contribution in [0.4, 0.5) is 28.0 Å². The van der Waals surface area contributed by atoms with Gasteiger partial charge in [0, 0.05) is 16.7 Å². The molecule has 31 heavy (non-hydrogen) atoms. The summed E-state index contributed by atoms with van der Waals surface area (Å²) >= 11 is 0. The molecule has 2 aromatic carbocycles. The first kappa shape index (κ1) is 20.5. The lowest BCUT2D eigenvalue weighted by molar-refractivity contribution is -0.261. The van der Waals surface area contributed by atoms with Crippen molar-refractivity contribution in [3.8, 4) is 11.3 Å². The molecular formula is C21H14F4N2O4. The second kappa shape index (κ2) is 7.46. The highest BCUT2D eigenvalue weighted by molar-refractivity contribution is 5.94. The van der Waals surface area contributed by atoms with E-state index in [-0.39, 0.29) is 11.3 Å². The zero-order valence-corrected chi connectivity index (χ0v) is 15.6. The molecule has 0 saturated carbocycles. The number of ether oxygens (including phenoxy) is 1. The Kier molecular flexibility index (Phi) is 4.92. The minimum absolute atomic E-state index is 0.0523. The fourth-order valence-corrected chi connectivity index (χ4v) is 3.28. The van der Waals surface area contributed by atoms with Gasteiger partial charge in [0.05, 0.1) is 18.5 Å². The monoisotopic (exact) mass is 434 g/mol. The summed E-state index contributed by atoms with van der Waals surface area (Å²) in [5, 5.41) is 4.38. The SMILES string of the molecule is O=C1Nc2ccc(-c3ccco3)cc2C(CNC(=O)c2ccc(F)cc2)(C(F)(F)F)O1. The second-order valence-corrected chi connectivity index (χ2v) is 6.77. The van der Waals surface area contributed by atoms with Crippen molar-refractivity contribution in [3.63, 3.8) is 0 Å². The van der Waals surface area contributed by atoms with Crippen molar-refractivity contribution in [2.24, 2.45) is 0 Å². The molecule has 1 unspecified atom stereocenters. The zero-order valence-electron chi connectivity index (χ0n) is 15.6. The third kappa shape index (κ3) is 3.72. The highest BCUT2D eigenvalue weighted by Crippen LogP contribution is 2.48. The summed E-state index contributed by atoms with van der Waals surface area (Å²) in [6.07, 6.45) is -5.02. The van der Waals surface area contributed by atoms with Crippen molar-refractivity contribution in [1.29, 1.82) is 0 Å². The van der Waals surface area contributed by atoms with Crippen molar-refractivity contribution < 1.29 is 36.3 Å². The van der Waals surface area contributed by atoms with Crippen molar-refractivity contribution in [2.75, 3.05) is 11.9 Å². The molecule has 0 saturated heterocycles. The number of amides is 2. The maximum atomic E-state index is 14.3. The van der Waals surface area contributed by atoms with E-state index in [4.69, 9.17) is 9.15 Å². The van der Waals surface area contributed by atoms with Gasteiger partial charge < -0.3 is 14.5 Å². The summed E-state index contributed by atoms with van der Waals surface area (Å²) in [5.74, 6) is -1.18. The number of benzene rings is 2. The lowest BCUT2D eigenvalue weighted by atomic mass is 9.88. The van der Waals surface area contributed by atoms with E-state index < -0.39 is 41.7 Å². The van der Waals surface area contributed by atoms with Crippen molar-refractivity contribution in [3.05, 3.63) is 77.8 Å². The van der Waals surface area contributed by atoms with E-state index in [1.54, 1.807) is 12.1 Å². The summed E-state index contributed by atoms with van der Waals surface area (Å²) in [5.41, 5.74) is -3.39. The second-order valence-electron chi connectivity index (χ2n) is 6.77. The maximum Gasteiger partial charge on any atom is 0.434 e. The lowest BCUT2D eigenvalue weighted by Gasteiger charge is -2.39. The fourth-order valence-electron chi connectivity index (χ4n) is 3.28. The number of furan rings is 1. The quantitative estimate of drug-likeness (QED) is 0.576. The van der Waals surface area contributed by atoms with Crippen LogP contribution in [0, 0.1) is 5.82 Å². The molecule has 4 rings (SSSR count). The van der Waals surface area contributed by atoms with Gasteiger partial charge in [0.25, 0.3) is 11.5 Å². The van der Waals surface area contributed by atoms with Gasteiger partial charge in [-0.25, -0.2) is 9.18 Å². The first-order chi connectivity index (χ1) is 14.7. The minimum atomic E-state index is -5.07. The van der Waals surface area contributed by atoms with Crippen LogP contribution in [-0.2, 0) is 10.3 Å². The van der Waals surface area contributed by atoms with E-state index in [0.29, 0.717) is 11.3 Å². The van der Waals surface area contributed by atoms with Crippen LogP contribution in [0.25, 0.3) is 11.3 Å². The van der Waals surface area contributed by atoms with Gasteiger partial charge in [-0.1, -0.05) is 0 Å². The van der Waals surface area contributed by atoms with Crippen molar-refractivity contribution in [1.82, 2.24) is 5.32 Å². The van der Waals surface area contributed by atoms with E-state index in [1.165, 1.54) is 24.5 Å². The Morgan fingerprint density at radius 3 is 2.48 bits per heavy atom. The highest BCUT2D eigenvalue weighted by atomic mass is 19.4. The summed E-state index contributed by atoms with van der Waals surface area (Å²) in [4.78, 5) is 24.3. The van der Waals surface area contributed by atoms with Gasteiger partial charge in [-0.05, 0) is 54.6 Å². The Hall–Kier alpha value is -3.82. The van der Waals surface area contributed by atoms with Gasteiger partial charge in [-0.15, -0.1) is 0 Å². The average molecular weight is 434 g/mol. The molecule has 0 bridgehead atoms. The molecule has 160 valence electrons. The Labute approximate surface area is 172 Å². The molecule has 2 N–H and O–H groups in total. The fraction of sp³-hybridized carbons (Fsp3) is 0.143. The Morgan fingerprint density at radius 1 is 1.10 bits per heavy atom. The normalized spacial score (nSPS) is 18.0. The van der Waals surface area contributed by atoms with Gasteiger partial charge in [0.1, 0.15) is 11.6 Å². The zero-order chi connectivity index (χ0) is 22.2. The topological polar surface area (TPSA) is 80.6 Å². The number of hydrogen-bond donors (Lipinski definition) is 2. The van der Waals surface area contributed by atoms with E-state index in [1.807, 2.05) is 0 Å². The van der Waals surface area contributed by atoms with Crippen LogP contribution >= 0.6 is 0 Å². The van der Waals surface area contributed by atoms with Crippen LogP contribution < -0.4 is 10.6 Å². The molecule has 1 aliphatic rings. The van der Waals surface area contributed by atoms with Crippen LogP contribution in [0.1, 0.15) is 15.9 Å². The first-order valence-corrected chi connectivity index (χ1v) is 8.98. The summed E-state index contributed by atoms with van der Waals surface area (Å²) in [6, 6.07) is 11.4. The van der Waals surface area contributed by atoms with Crippen LogP contribution in [0.5, 0.6) is 0 Å². The number of anilines is 1. The number of alkyl halides is 3. The van der Waals surface area contributed by atoms with Crippen LogP contribution in [0.2, 0.25) is 0 Å². The number of carbonyl (C=O) groups is 2. The standard InChI is InChI=1S/C21H14F4N2O4/c22-14-6-3-12(4-7-14)18(28)26-11-20(21(23,24)25)15-10-13(17-2-1-9-30-17)5-8-16(15)27-19(29)31-20/h1-10H,11H2,(H,26,28)(H,27,29). The molecule has 1 aliphatic heterocycles. The Balaban J connectivity index is 1.74. The molecule has 0 spiro atoms. The van der Waals surface area contributed by atoms with E-state index in [0.717, 1.165) is 24.3 Å². The van der Waals surface area contributed by atoms with Crippen molar-refractivity contribution >= 4 is 17.7 Å². The third-order valence-electron chi connectivity index (χ3n) is 4.83. The Bertz CT molecular complexity index is 1130. The number of nitrogens with one attached hydrogen (secondary N) is 2. The molecule has 2 heterocycles. The van der Waals surface area contributed by atoms with Crippen LogP contribution in [-0.4, -0.2) is 24.7 Å². The van der Waals surface area contributed by atoms with Gasteiger partial charge in [0.2, 0.25) is 0 Å². The summed E-state index contributed by atoms with van der Waals surface area (Å²) < 4.78 is 66.0. The Morgan fingerprint density at radius 2 is 1.84 bits per heavy atom. The van der Waals surface area contributed by atoms with Gasteiger partial charge in [-0.3, -0.25) is 10.1 Å². The molecule has 3 aromatic rings. The largest absolute Gasteiger partial charge is 0.464 e. The van der Waals surface area contributed by atoms with Gasteiger partial charge in [0.15, 0.2) is 0 Å². The predicted molar refractivity (Wildman–Crippen MR) is 101 cm³/mol. The number of cyclic esters (lactones) is 1. The number of fused-ring (bicyclic) bond motifs is 1. The molecule has 10 heteroatoms. The number of rotatable bonds is 4. The molecule has 1 aromatic heterocycles. The van der Waals surface area contributed by atoms with E-state index >= 15 is 0 Å². The average Bonchev–Trinajstić information content (AvgIpc) is 3.26. The highest BCUT2D eigenvalue weighted by Gasteiger charge is 2.62. The minimum Gasteiger partial charge on any atom is -0.464 e. The number of hydrogen-bond acceptors (Lipinski definition) is 4.